The van der Waals surface area contributed by atoms with Crippen LogP contribution in [0.25, 0.3) is 0 Å². The second-order valence-corrected chi connectivity index (χ2v) is 5.52. The highest BCUT2D eigenvalue weighted by Gasteiger charge is 2.19. The van der Waals surface area contributed by atoms with Gasteiger partial charge < -0.3 is 15.5 Å². The molecule has 1 amide bonds. The van der Waals surface area contributed by atoms with Crippen molar-refractivity contribution in [1.82, 2.24) is 20.6 Å². The summed E-state index contributed by atoms with van der Waals surface area (Å²) < 4.78 is 0. The molecule has 2 aliphatic rings. The summed E-state index contributed by atoms with van der Waals surface area (Å²) >= 11 is 0. The maximum Gasteiger partial charge on any atom is 0.270 e. The number of hydrogen-bond donors (Lipinski definition) is 2. The SMILES string of the molecule is O=C(NCC1CNC1)c1ccnc(N2CCCCC2)n1. The summed E-state index contributed by atoms with van der Waals surface area (Å²) in [5.74, 6) is 1.14. The Morgan fingerprint density at radius 2 is 2.15 bits per heavy atom. The summed E-state index contributed by atoms with van der Waals surface area (Å²) in [6.45, 7) is 4.67. The summed E-state index contributed by atoms with van der Waals surface area (Å²) in [7, 11) is 0. The Balaban J connectivity index is 1.61. The lowest BCUT2D eigenvalue weighted by atomic mass is 10.0. The zero-order chi connectivity index (χ0) is 13.8. The van der Waals surface area contributed by atoms with E-state index in [-0.39, 0.29) is 5.91 Å². The summed E-state index contributed by atoms with van der Waals surface area (Å²) in [6.07, 6.45) is 5.30. The predicted octanol–water partition coefficient (Wildman–Crippen LogP) is 0.416. The normalized spacial score (nSPS) is 19.5. The molecule has 0 spiro atoms. The van der Waals surface area contributed by atoms with E-state index in [2.05, 4.69) is 25.5 Å². The Labute approximate surface area is 119 Å². The number of piperidine rings is 1. The van der Waals surface area contributed by atoms with Gasteiger partial charge in [0.25, 0.3) is 5.91 Å². The van der Waals surface area contributed by atoms with Crippen LogP contribution in [0.5, 0.6) is 0 Å². The van der Waals surface area contributed by atoms with E-state index in [0.717, 1.165) is 32.7 Å². The number of amides is 1. The maximum absolute atomic E-state index is 12.1. The lowest BCUT2D eigenvalue weighted by Gasteiger charge is -2.27. The van der Waals surface area contributed by atoms with Gasteiger partial charge in [-0.1, -0.05) is 0 Å². The van der Waals surface area contributed by atoms with Crippen LogP contribution < -0.4 is 15.5 Å². The van der Waals surface area contributed by atoms with Crippen molar-refractivity contribution in [3.8, 4) is 0 Å². The van der Waals surface area contributed by atoms with E-state index < -0.39 is 0 Å². The van der Waals surface area contributed by atoms with Crippen molar-refractivity contribution in [3.63, 3.8) is 0 Å². The molecule has 1 aromatic rings. The number of rotatable bonds is 4. The van der Waals surface area contributed by atoms with Crippen LogP contribution in [0.3, 0.4) is 0 Å². The van der Waals surface area contributed by atoms with Crippen LogP contribution in [-0.2, 0) is 0 Å². The van der Waals surface area contributed by atoms with Crippen molar-refractivity contribution < 1.29 is 4.79 Å². The van der Waals surface area contributed by atoms with Gasteiger partial charge in [0, 0.05) is 44.8 Å². The summed E-state index contributed by atoms with van der Waals surface area (Å²) in [5, 5.41) is 6.14. The first-order valence-corrected chi connectivity index (χ1v) is 7.40. The van der Waals surface area contributed by atoms with Crippen molar-refractivity contribution in [2.45, 2.75) is 19.3 Å². The van der Waals surface area contributed by atoms with Gasteiger partial charge in [0.05, 0.1) is 0 Å². The molecule has 0 aliphatic carbocycles. The minimum Gasteiger partial charge on any atom is -0.350 e. The van der Waals surface area contributed by atoms with E-state index in [4.69, 9.17) is 0 Å². The number of aromatic nitrogens is 2. The smallest absolute Gasteiger partial charge is 0.270 e. The molecule has 20 heavy (non-hydrogen) atoms. The summed E-state index contributed by atoms with van der Waals surface area (Å²) in [5.41, 5.74) is 0.466. The molecule has 0 atom stereocenters. The van der Waals surface area contributed by atoms with Crippen molar-refractivity contribution >= 4 is 11.9 Å². The third-order valence-corrected chi connectivity index (χ3v) is 3.93. The molecule has 0 unspecified atom stereocenters. The van der Waals surface area contributed by atoms with Crippen LogP contribution in [0, 0.1) is 5.92 Å². The molecule has 108 valence electrons. The van der Waals surface area contributed by atoms with Crippen LogP contribution in [0.15, 0.2) is 12.3 Å². The molecule has 2 aliphatic heterocycles. The Bertz CT molecular complexity index is 468. The molecular weight excluding hydrogens is 254 g/mol. The molecule has 0 aromatic carbocycles. The molecule has 0 bridgehead atoms. The largest absolute Gasteiger partial charge is 0.350 e. The number of anilines is 1. The van der Waals surface area contributed by atoms with E-state index in [1.165, 1.54) is 19.3 Å². The molecule has 6 nitrogen and oxygen atoms in total. The van der Waals surface area contributed by atoms with Crippen LogP contribution in [-0.4, -0.2) is 48.6 Å². The first-order chi connectivity index (χ1) is 9.83. The van der Waals surface area contributed by atoms with Crippen molar-refractivity contribution in [2.24, 2.45) is 5.92 Å². The fourth-order valence-corrected chi connectivity index (χ4v) is 2.54. The first-order valence-electron chi connectivity index (χ1n) is 7.40. The highest BCUT2D eigenvalue weighted by atomic mass is 16.1. The second-order valence-electron chi connectivity index (χ2n) is 5.52. The van der Waals surface area contributed by atoms with Crippen molar-refractivity contribution in [1.29, 1.82) is 0 Å². The molecule has 0 saturated carbocycles. The van der Waals surface area contributed by atoms with E-state index >= 15 is 0 Å². The third-order valence-electron chi connectivity index (χ3n) is 3.93. The van der Waals surface area contributed by atoms with Gasteiger partial charge >= 0.3 is 0 Å². The average Bonchev–Trinajstić information content (AvgIpc) is 2.46. The van der Waals surface area contributed by atoms with E-state index in [1.807, 2.05) is 0 Å². The topological polar surface area (TPSA) is 70.2 Å². The third kappa shape index (κ3) is 3.07. The van der Waals surface area contributed by atoms with Gasteiger partial charge in [0.2, 0.25) is 5.95 Å². The van der Waals surface area contributed by atoms with Gasteiger partial charge in [-0.3, -0.25) is 4.79 Å². The van der Waals surface area contributed by atoms with Gasteiger partial charge in [0.1, 0.15) is 5.69 Å². The zero-order valence-corrected chi connectivity index (χ0v) is 11.6. The molecular formula is C14H21N5O. The predicted molar refractivity (Wildman–Crippen MR) is 76.8 cm³/mol. The van der Waals surface area contributed by atoms with E-state index in [9.17, 15) is 4.79 Å². The maximum atomic E-state index is 12.1. The van der Waals surface area contributed by atoms with Crippen molar-refractivity contribution in [3.05, 3.63) is 18.0 Å². The van der Waals surface area contributed by atoms with Gasteiger partial charge in [-0.15, -0.1) is 0 Å². The fraction of sp³-hybridized carbons (Fsp3) is 0.643. The highest BCUT2D eigenvalue weighted by Crippen LogP contribution is 2.15. The lowest BCUT2D eigenvalue weighted by Crippen LogP contribution is -2.48. The molecule has 3 heterocycles. The Hall–Kier alpha value is -1.69. The molecule has 1 aromatic heterocycles. The summed E-state index contributed by atoms with van der Waals surface area (Å²) in [6, 6.07) is 1.68. The lowest BCUT2D eigenvalue weighted by molar-refractivity contribution is 0.0937. The van der Waals surface area contributed by atoms with Crippen LogP contribution in [0.4, 0.5) is 5.95 Å². The number of carbonyl (C=O) groups excluding carboxylic acids is 1. The zero-order valence-electron chi connectivity index (χ0n) is 11.6. The Morgan fingerprint density at radius 3 is 2.85 bits per heavy atom. The molecule has 2 saturated heterocycles. The van der Waals surface area contributed by atoms with E-state index in [1.54, 1.807) is 12.3 Å². The molecule has 0 radical (unpaired) electrons. The number of nitrogens with zero attached hydrogens (tertiary/aromatic N) is 3. The number of hydrogen-bond acceptors (Lipinski definition) is 5. The molecule has 2 N–H and O–H groups in total. The van der Waals surface area contributed by atoms with Crippen LogP contribution in [0.2, 0.25) is 0 Å². The van der Waals surface area contributed by atoms with Crippen LogP contribution in [0.1, 0.15) is 29.8 Å². The Kier molecular flexibility index (Phi) is 4.11. The minimum absolute atomic E-state index is 0.0995. The standard InChI is InChI=1S/C14H21N5O/c20-13(17-10-11-8-15-9-11)12-4-5-16-14(18-12)19-6-2-1-3-7-19/h4-5,11,15H,1-3,6-10H2,(H,17,20). The van der Waals surface area contributed by atoms with Gasteiger partial charge in [-0.25, -0.2) is 9.97 Å². The summed E-state index contributed by atoms with van der Waals surface area (Å²) in [4.78, 5) is 22.9. The quantitative estimate of drug-likeness (QED) is 0.833. The van der Waals surface area contributed by atoms with Gasteiger partial charge in [-0.05, 0) is 25.3 Å². The van der Waals surface area contributed by atoms with Gasteiger partial charge in [0.15, 0.2) is 0 Å². The first kappa shape index (κ1) is 13.3. The Morgan fingerprint density at radius 1 is 1.35 bits per heavy atom. The monoisotopic (exact) mass is 275 g/mol. The molecule has 3 rings (SSSR count). The number of nitrogens with one attached hydrogen (secondary N) is 2. The van der Waals surface area contributed by atoms with E-state index in [0.29, 0.717) is 17.6 Å². The molecule has 2 fully saturated rings. The van der Waals surface area contributed by atoms with Crippen LogP contribution >= 0.6 is 0 Å². The fourth-order valence-electron chi connectivity index (χ4n) is 2.54. The highest BCUT2D eigenvalue weighted by molar-refractivity contribution is 5.92. The second kappa shape index (κ2) is 6.17. The number of carbonyl (C=O) groups is 1. The van der Waals surface area contributed by atoms with Crippen molar-refractivity contribution in [2.75, 3.05) is 37.6 Å². The minimum atomic E-state index is -0.0995. The average molecular weight is 275 g/mol. The van der Waals surface area contributed by atoms with Gasteiger partial charge in [-0.2, -0.15) is 0 Å². The molecule has 6 heteroatoms.